The van der Waals surface area contributed by atoms with Gasteiger partial charge in [0.15, 0.2) is 0 Å². The summed E-state index contributed by atoms with van der Waals surface area (Å²) in [6.45, 7) is 3.59. The summed E-state index contributed by atoms with van der Waals surface area (Å²) in [6.07, 6.45) is -2.82. The Morgan fingerprint density at radius 2 is 1.57 bits per heavy atom. The van der Waals surface area contributed by atoms with Crippen LogP contribution in [0, 0.1) is 6.92 Å². The zero-order chi connectivity index (χ0) is 26.8. The lowest BCUT2D eigenvalue weighted by Gasteiger charge is -2.41. The van der Waals surface area contributed by atoms with Crippen molar-refractivity contribution < 1.29 is 31.1 Å². The van der Waals surface area contributed by atoms with Gasteiger partial charge >= 0.3 is 12.1 Å². The van der Waals surface area contributed by atoms with Crippen LogP contribution in [0.4, 0.5) is 13.2 Å². The highest BCUT2D eigenvalue weighted by molar-refractivity contribution is 7.89. The largest absolute Gasteiger partial charge is 0.463 e. The van der Waals surface area contributed by atoms with E-state index >= 15 is 0 Å². The van der Waals surface area contributed by atoms with Crippen LogP contribution in [0.1, 0.15) is 47.7 Å². The fraction of sp³-hybridized carbons (Fsp3) is 0.250. The molecule has 1 aliphatic heterocycles. The van der Waals surface area contributed by atoms with Crippen LogP contribution in [0.15, 0.2) is 95.4 Å². The number of carbonyl (C=O) groups is 1. The van der Waals surface area contributed by atoms with Crippen LogP contribution >= 0.6 is 0 Å². The van der Waals surface area contributed by atoms with E-state index < -0.39 is 39.8 Å². The number of nitrogens with zero attached hydrogens (tertiary/aromatic N) is 1. The molecule has 0 N–H and O–H groups in total. The normalized spacial score (nSPS) is 18.8. The molecule has 0 radical (unpaired) electrons. The predicted octanol–water partition coefficient (Wildman–Crippen LogP) is 6.38. The Kier molecular flexibility index (Phi) is 7.57. The molecule has 0 unspecified atom stereocenters. The van der Waals surface area contributed by atoms with Crippen LogP contribution in [0.3, 0.4) is 0 Å². The highest BCUT2D eigenvalue weighted by Crippen LogP contribution is 2.46. The summed E-state index contributed by atoms with van der Waals surface area (Å²) in [4.78, 5) is 13.0. The number of hydrogen-bond acceptors (Lipinski definition) is 4. The summed E-state index contributed by atoms with van der Waals surface area (Å²) in [5.74, 6) is -0.647. The van der Waals surface area contributed by atoms with Crippen molar-refractivity contribution in [1.29, 1.82) is 0 Å². The van der Waals surface area contributed by atoms with Crippen molar-refractivity contribution in [1.82, 2.24) is 4.31 Å². The standard InChI is InChI=1S/C28H26F3NO4S/c1-3-36-27(33)24-17-18-25(20-11-13-22(14-12-20)28(29,30)31)32(26(24)21-7-5-4-6-8-21)37(34,35)23-15-9-19(2)10-16-23/h4-17,25-26H,3,18H2,1-2H3/t25-,26-/m0/s1. The topological polar surface area (TPSA) is 63.7 Å². The molecule has 0 aromatic heterocycles. The third-order valence-corrected chi connectivity index (χ3v) is 8.15. The first-order chi connectivity index (χ1) is 17.5. The van der Waals surface area contributed by atoms with Gasteiger partial charge in [-0.05, 0) is 55.7 Å². The molecule has 37 heavy (non-hydrogen) atoms. The number of benzene rings is 3. The average Bonchev–Trinajstić information content (AvgIpc) is 2.88. The summed E-state index contributed by atoms with van der Waals surface area (Å²) in [7, 11) is -4.23. The first-order valence-corrected chi connectivity index (χ1v) is 13.2. The zero-order valence-corrected chi connectivity index (χ0v) is 21.1. The lowest BCUT2D eigenvalue weighted by molar-refractivity contribution is -0.139. The molecule has 2 atom stereocenters. The number of alkyl halides is 3. The van der Waals surface area contributed by atoms with Gasteiger partial charge in [-0.25, -0.2) is 13.2 Å². The Hall–Kier alpha value is -3.43. The Balaban J connectivity index is 1.93. The van der Waals surface area contributed by atoms with Gasteiger partial charge in [0.05, 0.1) is 34.7 Å². The number of sulfonamides is 1. The van der Waals surface area contributed by atoms with E-state index in [0.717, 1.165) is 17.7 Å². The van der Waals surface area contributed by atoms with Gasteiger partial charge in [0, 0.05) is 0 Å². The van der Waals surface area contributed by atoms with Crippen LogP contribution < -0.4 is 0 Å². The van der Waals surface area contributed by atoms with Crippen LogP contribution in [-0.2, 0) is 25.7 Å². The van der Waals surface area contributed by atoms with Gasteiger partial charge in [-0.3, -0.25) is 0 Å². The van der Waals surface area contributed by atoms with Crippen LogP contribution in [0.2, 0.25) is 0 Å². The molecule has 194 valence electrons. The Morgan fingerprint density at radius 1 is 0.946 bits per heavy atom. The lowest BCUT2D eigenvalue weighted by Crippen LogP contribution is -2.42. The third-order valence-electron chi connectivity index (χ3n) is 6.26. The molecule has 3 aromatic rings. The summed E-state index contributed by atoms with van der Waals surface area (Å²) < 4.78 is 74.5. The second-order valence-corrected chi connectivity index (χ2v) is 10.6. The monoisotopic (exact) mass is 529 g/mol. The Labute approximate surface area is 214 Å². The minimum atomic E-state index is -4.53. The summed E-state index contributed by atoms with van der Waals surface area (Å²) in [6, 6.07) is 17.5. The van der Waals surface area contributed by atoms with Crippen LogP contribution in [0.5, 0.6) is 0 Å². The van der Waals surface area contributed by atoms with E-state index in [9.17, 15) is 26.4 Å². The molecule has 0 saturated carbocycles. The van der Waals surface area contributed by atoms with Crippen molar-refractivity contribution in [2.75, 3.05) is 6.61 Å². The van der Waals surface area contributed by atoms with Gasteiger partial charge in [0.2, 0.25) is 10.0 Å². The SMILES string of the molecule is CCOC(=O)C1=CC[C@@H](c2ccc(C(F)(F)F)cc2)N(S(=O)(=O)c2ccc(C)cc2)[C@H]1c1ccccc1. The second kappa shape index (κ2) is 10.5. The summed E-state index contributed by atoms with van der Waals surface area (Å²) in [5, 5.41) is 0. The van der Waals surface area contributed by atoms with Gasteiger partial charge in [-0.2, -0.15) is 17.5 Å². The van der Waals surface area contributed by atoms with Gasteiger partial charge < -0.3 is 4.74 Å². The maximum Gasteiger partial charge on any atom is 0.416 e. The number of rotatable bonds is 6. The molecule has 0 saturated heterocycles. The van der Waals surface area contributed by atoms with E-state index in [-0.39, 0.29) is 23.5 Å². The van der Waals surface area contributed by atoms with Crippen molar-refractivity contribution >= 4 is 16.0 Å². The second-order valence-electron chi connectivity index (χ2n) is 8.71. The molecule has 9 heteroatoms. The van der Waals surface area contributed by atoms with Crippen LogP contribution in [-0.4, -0.2) is 25.3 Å². The fourth-order valence-electron chi connectivity index (χ4n) is 4.46. The van der Waals surface area contributed by atoms with Crippen molar-refractivity contribution in [3.05, 3.63) is 113 Å². The molecule has 0 fully saturated rings. The number of aryl methyl sites for hydroxylation is 1. The molecule has 0 aliphatic carbocycles. The van der Waals surface area contributed by atoms with E-state index in [0.29, 0.717) is 11.1 Å². The molecule has 0 spiro atoms. The molecular weight excluding hydrogens is 503 g/mol. The Morgan fingerprint density at radius 3 is 2.14 bits per heavy atom. The number of carbonyl (C=O) groups excluding carboxylic acids is 1. The number of ether oxygens (including phenoxy) is 1. The van der Waals surface area contributed by atoms with E-state index in [1.807, 2.05) is 6.92 Å². The minimum Gasteiger partial charge on any atom is -0.463 e. The average molecular weight is 530 g/mol. The Bertz CT molecular complexity index is 1380. The molecule has 1 aliphatic rings. The predicted molar refractivity (Wildman–Crippen MR) is 133 cm³/mol. The van der Waals surface area contributed by atoms with E-state index in [2.05, 4.69) is 0 Å². The van der Waals surface area contributed by atoms with Gasteiger partial charge in [0.1, 0.15) is 0 Å². The maximum absolute atomic E-state index is 14.2. The lowest BCUT2D eigenvalue weighted by atomic mass is 9.89. The number of esters is 1. The summed E-state index contributed by atoms with van der Waals surface area (Å²) >= 11 is 0. The van der Waals surface area contributed by atoms with Crippen molar-refractivity contribution in [3.63, 3.8) is 0 Å². The highest BCUT2D eigenvalue weighted by Gasteiger charge is 2.45. The van der Waals surface area contributed by atoms with Crippen LogP contribution in [0.25, 0.3) is 0 Å². The molecule has 0 bridgehead atoms. The quantitative estimate of drug-likeness (QED) is 0.348. The van der Waals surface area contributed by atoms with Gasteiger partial charge in [0.25, 0.3) is 0 Å². The smallest absolute Gasteiger partial charge is 0.416 e. The van der Waals surface area contributed by atoms with Gasteiger partial charge in [-0.15, -0.1) is 0 Å². The molecule has 5 nitrogen and oxygen atoms in total. The van der Waals surface area contributed by atoms with Crippen molar-refractivity contribution in [3.8, 4) is 0 Å². The first kappa shape index (κ1) is 26.6. The van der Waals surface area contributed by atoms with E-state index in [1.165, 1.54) is 28.6 Å². The summed E-state index contributed by atoms with van der Waals surface area (Å²) in [5.41, 5.74) is 1.11. The molecule has 1 heterocycles. The number of halogens is 3. The highest BCUT2D eigenvalue weighted by atomic mass is 32.2. The van der Waals surface area contributed by atoms with Crippen molar-refractivity contribution in [2.24, 2.45) is 0 Å². The minimum absolute atomic E-state index is 0.0149. The van der Waals surface area contributed by atoms with Crippen molar-refractivity contribution in [2.45, 2.75) is 43.4 Å². The maximum atomic E-state index is 14.2. The molecule has 4 rings (SSSR count). The number of hydrogen-bond donors (Lipinski definition) is 0. The first-order valence-electron chi connectivity index (χ1n) is 11.7. The third kappa shape index (κ3) is 5.47. The van der Waals surface area contributed by atoms with Gasteiger partial charge in [-0.1, -0.05) is 66.2 Å². The molecule has 3 aromatic carbocycles. The van der Waals surface area contributed by atoms with E-state index in [1.54, 1.807) is 55.5 Å². The molecular formula is C28H26F3NO4S. The molecule has 0 amide bonds. The fourth-order valence-corrected chi connectivity index (χ4v) is 6.24. The van der Waals surface area contributed by atoms with E-state index in [4.69, 9.17) is 4.74 Å². The zero-order valence-electron chi connectivity index (χ0n) is 20.3.